The van der Waals surface area contributed by atoms with Crippen LogP contribution in [0.2, 0.25) is 5.02 Å². The van der Waals surface area contributed by atoms with E-state index in [9.17, 15) is 27.1 Å². The molecule has 0 aliphatic carbocycles. The molecule has 0 unspecified atom stereocenters. The summed E-state index contributed by atoms with van der Waals surface area (Å²) >= 11 is 9.16. The number of sulfonamides is 1. The number of hydrogen-bond acceptors (Lipinski definition) is 5. The number of phenolic OH excluding ortho intramolecular Hbond substituents is 1. The highest BCUT2D eigenvalue weighted by Gasteiger charge is 2.27. The number of phenols is 1. The Morgan fingerprint density at radius 3 is 2.55 bits per heavy atom. The minimum atomic E-state index is -4.62. The van der Waals surface area contributed by atoms with E-state index in [0.717, 1.165) is 18.2 Å². The minimum Gasteiger partial charge on any atom is -0.505 e. The highest BCUT2D eigenvalue weighted by atomic mass is 79.9. The number of anilines is 1. The molecule has 11 heteroatoms. The van der Waals surface area contributed by atoms with Gasteiger partial charge in [0.15, 0.2) is 5.75 Å². The van der Waals surface area contributed by atoms with Crippen LogP contribution in [0.25, 0.3) is 11.1 Å². The van der Waals surface area contributed by atoms with Gasteiger partial charge in [-0.2, -0.15) is 0 Å². The molecule has 0 aromatic heterocycles. The average molecular weight is 531 g/mol. The zero-order valence-electron chi connectivity index (χ0n) is 15.2. The van der Waals surface area contributed by atoms with Crippen LogP contribution in [0.5, 0.6) is 5.75 Å². The van der Waals surface area contributed by atoms with Gasteiger partial charge in [-0.1, -0.05) is 33.6 Å². The van der Waals surface area contributed by atoms with Crippen molar-refractivity contribution in [3.05, 3.63) is 74.7 Å². The number of carbonyl (C=O) groups is 1. The van der Waals surface area contributed by atoms with Crippen LogP contribution in [0.15, 0.2) is 51.8 Å². The number of carbonyl (C=O) groups excluding carboxylic acids is 1. The molecule has 4 rings (SSSR count). The van der Waals surface area contributed by atoms with Crippen molar-refractivity contribution in [1.29, 1.82) is 0 Å². The van der Waals surface area contributed by atoms with Crippen molar-refractivity contribution in [2.24, 2.45) is 0 Å². The lowest BCUT2D eigenvalue weighted by Gasteiger charge is -2.14. The number of aromatic hydroxyl groups is 1. The lowest BCUT2D eigenvalue weighted by atomic mass is 9.99. The molecule has 1 aliphatic rings. The maximum Gasteiger partial charge on any atom is 0.338 e. The van der Waals surface area contributed by atoms with E-state index >= 15 is 0 Å². The van der Waals surface area contributed by atoms with Crippen LogP contribution in [-0.2, 0) is 21.4 Å². The molecule has 0 saturated carbocycles. The van der Waals surface area contributed by atoms with Gasteiger partial charge in [0.2, 0.25) is 0 Å². The van der Waals surface area contributed by atoms with Crippen molar-refractivity contribution in [3.63, 3.8) is 0 Å². The van der Waals surface area contributed by atoms with Crippen LogP contribution in [0, 0.1) is 11.6 Å². The number of halogens is 4. The van der Waals surface area contributed by atoms with E-state index in [1.54, 1.807) is 12.1 Å². The molecular weight excluding hydrogens is 520 g/mol. The average Bonchev–Trinajstić information content (AvgIpc) is 2.70. The van der Waals surface area contributed by atoms with Gasteiger partial charge in [0, 0.05) is 16.1 Å². The fraction of sp³-hybridized carbons (Fsp3) is 0.0500. The molecule has 3 aromatic carbocycles. The molecular formula is C20H11BrClF2NO5S. The highest BCUT2D eigenvalue weighted by molar-refractivity contribution is 9.10. The number of benzene rings is 3. The summed E-state index contributed by atoms with van der Waals surface area (Å²) in [4.78, 5) is 11.8. The lowest BCUT2D eigenvalue weighted by Crippen LogP contribution is -2.15. The van der Waals surface area contributed by atoms with Crippen LogP contribution in [-0.4, -0.2) is 19.5 Å². The molecule has 1 heterocycles. The molecule has 0 saturated heterocycles. The summed E-state index contributed by atoms with van der Waals surface area (Å²) in [5.41, 5.74) is -0.291. The first-order valence-corrected chi connectivity index (χ1v) is 11.2. The monoisotopic (exact) mass is 529 g/mol. The SMILES string of the molecule is O=C1OCc2ccc(Br)cc2-c2cc(c(F)cc2F)NS(=O)(=O)c2cc1cc(Cl)c2O. The van der Waals surface area contributed by atoms with Crippen LogP contribution in [0.4, 0.5) is 14.5 Å². The number of cyclic esters (lactones) is 1. The number of nitrogens with one attached hydrogen (secondary N) is 1. The smallest absolute Gasteiger partial charge is 0.338 e. The molecule has 0 spiro atoms. The van der Waals surface area contributed by atoms with Crippen molar-refractivity contribution in [1.82, 2.24) is 0 Å². The molecule has 0 radical (unpaired) electrons. The molecule has 0 atom stereocenters. The Hall–Kier alpha value is -2.69. The summed E-state index contributed by atoms with van der Waals surface area (Å²) < 4.78 is 62.6. The molecule has 0 fully saturated rings. The van der Waals surface area contributed by atoms with Gasteiger partial charge in [0.25, 0.3) is 10.0 Å². The zero-order chi connectivity index (χ0) is 22.5. The van der Waals surface area contributed by atoms with Crippen molar-refractivity contribution in [2.75, 3.05) is 4.72 Å². The molecule has 31 heavy (non-hydrogen) atoms. The number of hydrogen-bond donors (Lipinski definition) is 2. The van der Waals surface area contributed by atoms with Crippen LogP contribution < -0.4 is 4.72 Å². The summed E-state index contributed by atoms with van der Waals surface area (Å²) in [5.74, 6) is -3.89. The summed E-state index contributed by atoms with van der Waals surface area (Å²) in [5, 5.41) is 9.72. The topological polar surface area (TPSA) is 92.7 Å². The summed E-state index contributed by atoms with van der Waals surface area (Å²) in [6.07, 6.45) is 0. The third kappa shape index (κ3) is 3.98. The predicted molar refractivity (Wildman–Crippen MR) is 113 cm³/mol. The van der Waals surface area contributed by atoms with Gasteiger partial charge >= 0.3 is 5.97 Å². The van der Waals surface area contributed by atoms with Gasteiger partial charge in [-0.3, -0.25) is 4.72 Å². The Bertz CT molecular complexity index is 1360. The number of rotatable bonds is 0. The Labute approximate surface area is 188 Å². The number of ether oxygens (including phenoxy) is 1. The Kier molecular flexibility index (Phi) is 5.40. The Balaban J connectivity index is 2.02. The first-order chi connectivity index (χ1) is 14.6. The van der Waals surface area contributed by atoms with E-state index in [0.29, 0.717) is 16.1 Å². The van der Waals surface area contributed by atoms with E-state index in [-0.39, 0.29) is 23.3 Å². The Morgan fingerprint density at radius 2 is 1.81 bits per heavy atom. The first-order valence-electron chi connectivity index (χ1n) is 8.57. The summed E-state index contributed by atoms with van der Waals surface area (Å²) in [6, 6.07) is 8.16. The van der Waals surface area contributed by atoms with E-state index in [1.807, 2.05) is 4.72 Å². The number of fused-ring (bicyclic) bond motifs is 6. The Morgan fingerprint density at radius 1 is 1.06 bits per heavy atom. The number of esters is 1. The van der Waals surface area contributed by atoms with Gasteiger partial charge in [0.1, 0.15) is 23.1 Å². The quantitative estimate of drug-likeness (QED) is 0.389. The van der Waals surface area contributed by atoms with Gasteiger partial charge < -0.3 is 9.84 Å². The fourth-order valence-corrected chi connectivity index (χ4v) is 4.92. The highest BCUT2D eigenvalue weighted by Crippen LogP contribution is 2.37. The van der Waals surface area contributed by atoms with Gasteiger partial charge in [0.05, 0.1) is 16.3 Å². The molecule has 3 aromatic rings. The molecule has 2 N–H and O–H groups in total. The van der Waals surface area contributed by atoms with E-state index in [4.69, 9.17) is 16.3 Å². The maximum absolute atomic E-state index is 14.7. The third-order valence-electron chi connectivity index (χ3n) is 4.58. The van der Waals surface area contributed by atoms with Crippen molar-refractivity contribution in [2.45, 2.75) is 11.5 Å². The second-order valence-corrected chi connectivity index (χ2v) is 9.57. The van der Waals surface area contributed by atoms with E-state index in [2.05, 4.69) is 15.9 Å². The van der Waals surface area contributed by atoms with Crippen LogP contribution in [0.1, 0.15) is 15.9 Å². The van der Waals surface area contributed by atoms with E-state index < -0.39 is 49.0 Å². The normalized spacial score (nSPS) is 14.9. The standard InChI is InChI=1S/C20H11BrClF2NO5S/c21-11-2-1-9-8-30-20(27)10-3-14(22)19(26)18(4-10)31(28,29)25-17-6-13(12(9)5-11)15(23)7-16(17)24/h1-7,25-26H,8H2. The molecule has 4 bridgehead atoms. The van der Waals surface area contributed by atoms with Gasteiger partial charge in [-0.15, -0.1) is 0 Å². The summed E-state index contributed by atoms with van der Waals surface area (Å²) in [6.45, 7) is -0.290. The maximum atomic E-state index is 14.7. The van der Waals surface area contributed by atoms with Crippen molar-refractivity contribution >= 4 is 49.2 Å². The molecule has 0 amide bonds. The van der Waals surface area contributed by atoms with Gasteiger partial charge in [-0.25, -0.2) is 22.0 Å². The second-order valence-electron chi connectivity index (χ2n) is 6.60. The summed E-state index contributed by atoms with van der Waals surface area (Å²) in [7, 11) is -4.62. The largest absolute Gasteiger partial charge is 0.505 e. The third-order valence-corrected chi connectivity index (χ3v) is 6.74. The van der Waals surface area contributed by atoms with Crippen LogP contribution >= 0.6 is 27.5 Å². The molecule has 6 nitrogen and oxygen atoms in total. The molecule has 1 aliphatic heterocycles. The zero-order valence-corrected chi connectivity index (χ0v) is 18.4. The fourth-order valence-electron chi connectivity index (χ4n) is 3.08. The second kappa shape index (κ2) is 7.77. The lowest BCUT2D eigenvalue weighted by molar-refractivity contribution is 0.0473. The predicted octanol–water partition coefficient (Wildman–Crippen LogP) is 5.22. The first kappa shape index (κ1) is 21.5. The molecule has 160 valence electrons. The minimum absolute atomic E-state index is 0.125. The van der Waals surface area contributed by atoms with Crippen molar-refractivity contribution < 1.29 is 31.8 Å². The van der Waals surface area contributed by atoms with Crippen LogP contribution in [0.3, 0.4) is 0 Å². The van der Waals surface area contributed by atoms with Gasteiger partial charge in [-0.05, 0) is 41.5 Å². The van der Waals surface area contributed by atoms with E-state index in [1.165, 1.54) is 6.07 Å². The van der Waals surface area contributed by atoms with Crippen molar-refractivity contribution in [3.8, 4) is 16.9 Å².